The van der Waals surface area contributed by atoms with Crippen molar-refractivity contribution in [3.05, 3.63) is 0 Å². The fraction of sp³-hybridized carbons (Fsp3) is 0.967. The molecule has 0 aromatic rings. The van der Waals surface area contributed by atoms with Gasteiger partial charge in [0.2, 0.25) is 5.91 Å². The first-order valence-corrected chi connectivity index (χ1v) is 16.3. The van der Waals surface area contributed by atoms with E-state index >= 15 is 0 Å². The van der Waals surface area contributed by atoms with Crippen LogP contribution in [0.4, 0.5) is 0 Å². The van der Waals surface area contributed by atoms with Crippen LogP contribution in [0.15, 0.2) is 0 Å². The van der Waals surface area contributed by atoms with Crippen LogP contribution < -0.4 is 5.32 Å². The van der Waals surface area contributed by atoms with Crippen molar-refractivity contribution < 1.29 is 64.6 Å². The zero-order chi connectivity index (χ0) is 32.6. The molecule has 2 fully saturated rings. The number of aliphatic hydroxyl groups is 8. The van der Waals surface area contributed by atoms with Crippen LogP contribution in [0, 0.1) is 0 Å². The zero-order valence-corrected chi connectivity index (χ0v) is 26.2. The quantitative estimate of drug-likeness (QED) is 0.0702. The van der Waals surface area contributed by atoms with Gasteiger partial charge in [-0.1, -0.05) is 71.6 Å². The Morgan fingerprint density at radius 1 is 0.727 bits per heavy atom. The molecule has 2 aliphatic heterocycles. The fourth-order valence-corrected chi connectivity index (χ4v) is 5.47. The number of nitrogens with one attached hydrogen (secondary N) is 1. The molecule has 12 unspecified atom stereocenters. The molecule has 44 heavy (non-hydrogen) atoms. The maximum absolute atomic E-state index is 12.7. The number of carbonyl (C=O) groups is 1. The molecule has 0 aromatic carbocycles. The van der Waals surface area contributed by atoms with Gasteiger partial charge in [0, 0.05) is 6.42 Å². The monoisotopic (exact) mass is 639 g/mol. The third kappa shape index (κ3) is 12.0. The van der Waals surface area contributed by atoms with Gasteiger partial charge in [0.1, 0.15) is 48.8 Å². The highest BCUT2D eigenvalue weighted by atomic mass is 16.7. The molecule has 0 saturated carbocycles. The molecule has 0 aliphatic carbocycles. The van der Waals surface area contributed by atoms with E-state index in [0.29, 0.717) is 12.8 Å². The molecule has 2 heterocycles. The van der Waals surface area contributed by atoms with Crippen molar-refractivity contribution in [3.63, 3.8) is 0 Å². The van der Waals surface area contributed by atoms with Gasteiger partial charge in [0.05, 0.1) is 32.0 Å². The number of unbranched alkanes of at least 4 members (excludes halogenated alkanes) is 8. The number of hydrogen-bond acceptors (Lipinski definition) is 13. The average molecular weight is 640 g/mol. The van der Waals surface area contributed by atoms with Crippen LogP contribution in [0.25, 0.3) is 0 Å². The Morgan fingerprint density at radius 3 is 1.93 bits per heavy atom. The molecule has 0 aromatic heterocycles. The number of amides is 1. The highest BCUT2D eigenvalue weighted by Crippen LogP contribution is 2.29. The lowest BCUT2D eigenvalue weighted by molar-refractivity contribution is -0.359. The van der Waals surface area contributed by atoms with Crippen molar-refractivity contribution in [3.8, 4) is 0 Å². The summed E-state index contributed by atoms with van der Waals surface area (Å²) in [5.74, 6) is -0.229. The van der Waals surface area contributed by atoms with Gasteiger partial charge in [0.25, 0.3) is 0 Å². The lowest BCUT2D eigenvalue weighted by atomic mass is 9.97. The molecular weight excluding hydrogens is 582 g/mol. The van der Waals surface area contributed by atoms with E-state index in [-0.39, 0.29) is 12.5 Å². The second-order valence-electron chi connectivity index (χ2n) is 11.9. The Morgan fingerprint density at radius 2 is 1.30 bits per heavy atom. The summed E-state index contributed by atoms with van der Waals surface area (Å²) in [6, 6.07) is -0.812. The summed E-state index contributed by atoms with van der Waals surface area (Å²) < 4.78 is 22.3. The van der Waals surface area contributed by atoms with E-state index in [1.54, 1.807) is 0 Å². The second kappa shape index (κ2) is 21.0. The molecule has 1 amide bonds. The zero-order valence-electron chi connectivity index (χ0n) is 26.2. The van der Waals surface area contributed by atoms with Crippen molar-refractivity contribution in [1.29, 1.82) is 0 Å². The Balaban J connectivity index is 2.01. The predicted octanol–water partition coefficient (Wildman–Crippen LogP) is -0.806. The van der Waals surface area contributed by atoms with Crippen LogP contribution >= 0.6 is 0 Å². The molecule has 14 nitrogen and oxygen atoms in total. The Labute approximate surface area is 260 Å². The van der Waals surface area contributed by atoms with E-state index in [1.807, 2.05) is 0 Å². The molecule has 260 valence electrons. The first-order chi connectivity index (χ1) is 21.1. The lowest BCUT2D eigenvalue weighted by Crippen LogP contribution is -2.65. The normalized spacial score (nSPS) is 34.0. The highest BCUT2D eigenvalue weighted by molar-refractivity contribution is 5.76. The fourth-order valence-electron chi connectivity index (χ4n) is 5.47. The molecule has 0 spiro atoms. The maximum atomic E-state index is 12.7. The summed E-state index contributed by atoms with van der Waals surface area (Å²) in [5.41, 5.74) is 0. The molecule has 9 N–H and O–H groups in total. The van der Waals surface area contributed by atoms with E-state index in [4.69, 9.17) is 18.9 Å². The van der Waals surface area contributed by atoms with Gasteiger partial charge in [0.15, 0.2) is 12.6 Å². The molecular formula is C30H57NO13. The summed E-state index contributed by atoms with van der Waals surface area (Å²) in [5, 5.41) is 85.1. The van der Waals surface area contributed by atoms with Crippen LogP contribution in [-0.4, -0.2) is 140 Å². The standard InChI is InChI=1S/C30H57NO13/c1-3-5-7-9-10-12-14-22(35)31-18(19(34)13-11-8-6-4-2)17-41-29-27(40)25(38)28(21(16-33)43-29)44-30-26(39)24(37)23(36)20(15-32)42-30/h18-21,23-30,32-34,36-40H,3-17H2,1-2H3,(H,31,35). The van der Waals surface area contributed by atoms with Gasteiger partial charge in [-0.3, -0.25) is 4.79 Å². The summed E-state index contributed by atoms with van der Waals surface area (Å²) in [7, 11) is 0. The number of rotatable bonds is 21. The molecule has 12 atom stereocenters. The summed E-state index contributed by atoms with van der Waals surface area (Å²) in [6.45, 7) is 2.57. The smallest absolute Gasteiger partial charge is 0.220 e. The molecule has 14 heteroatoms. The van der Waals surface area contributed by atoms with Gasteiger partial charge in [-0.05, 0) is 12.8 Å². The van der Waals surface area contributed by atoms with E-state index in [2.05, 4.69) is 19.2 Å². The number of hydrogen-bond donors (Lipinski definition) is 9. The van der Waals surface area contributed by atoms with Crippen LogP contribution in [0.1, 0.15) is 90.9 Å². The minimum Gasteiger partial charge on any atom is -0.394 e. The molecule has 0 bridgehead atoms. The maximum Gasteiger partial charge on any atom is 0.220 e. The van der Waals surface area contributed by atoms with Gasteiger partial charge in [-0.25, -0.2) is 0 Å². The van der Waals surface area contributed by atoms with Gasteiger partial charge in [-0.15, -0.1) is 0 Å². The van der Waals surface area contributed by atoms with Crippen LogP contribution in [0.5, 0.6) is 0 Å². The lowest BCUT2D eigenvalue weighted by Gasteiger charge is -2.46. The number of carbonyl (C=O) groups excluding carboxylic acids is 1. The minimum atomic E-state index is -1.77. The van der Waals surface area contributed by atoms with Crippen molar-refractivity contribution in [2.45, 2.75) is 164 Å². The van der Waals surface area contributed by atoms with Gasteiger partial charge < -0.3 is 65.1 Å². The highest BCUT2D eigenvalue weighted by Gasteiger charge is 2.50. The average Bonchev–Trinajstić information content (AvgIpc) is 3.02. The van der Waals surface area contributed by atoms with Gasteiger partial charge in [-0.2, -0.15) is 0 Å². The Kier molecular flexibility index (Phi) is 18.7. The Hall–Kier alpha value is -1.01. The third-order valence-electron chi connectivity index (χ3n) is 8.32. The summed E-state index contributed by atoms with van der Waals surface area (Å²) in [4.78, 5) is 12.7. The summed E-state index contributed by atoms with van der Waals surface area (Å²) in [6.07, 6.45) is -6.02. The van der Waals surface area contributed by atoms with Crippen LogP contribution in [0.3, 0.4) is 0 Å². The molecule has 2 rings (SSSR count). The SMILES string of the molecule is CCCCCCCCC(=O)NC(COC1OC(CO)C(OC2OC(CO)C(O)C(O)C2O)C(O)C1O)C(O)CCCCCC. The van der Waals surface area contributed by atoms with Crippen LogP contribution in [0.2, 0.25) is 0 Å². The predicted molar refractivity (Wildman–Crippen MR) is 157 cm³/mol. The second-order valence-corrected chi connectivity index (χ2v) is 11.9. The first kappa shape index (κ1) is 39.2. The topological polar surface area (TPSA) is 228 Å². The number of ether oxygens (including phenoxy) is 4. The largest absolute Gasteiger partial charge is 0.394 e. The van der Waals surface area contributed by atoms with Crippen molar-refractivity contribution in [2.75, 3.05) is 19.8 Å². The van der Waals surface area contributed by atoms with Crippen LogP contribution in [-0.2, 0) is 23.7 Å². The molecule has 0 radical (unpaired) electrons. The van der Waals surface area contributed by atoms with Crippen molar-refractivity contribution in [2.24, 2.45) is 0 Å². The third-order valence-corrected chi connectivity index (χ3v) is 8.32. The van der Waals surface area contributed by atoms with Crippen molar-refractivity contribution in [1.82, 2.24) is 5.32 Å². The molecule has 2 aliphatic rings. The van der Waals surface area contributed by atoms with Gasteiger partial charge >= 0.3 is 0 Å². The van der Waals surface area contributed by atoms with E-state index < -0.39 is 86.8 Å². The van der Waals surface area contributed by atoms with E-state index in [0.717, 1.165) is 64.2 Å². The first-order valence-electron chi connectivity index (χ1n) is 16.3. The van der Waals surface area contributed by atoms with E-state index in [9.17, 15) is 45.6 Å². The summed E-state index contributed by atoms with van der Waals surface area (Å²) >= 11 is 0. The Bertz CT molecular complexity index is 775. The minimum absolute atomic E-state index is 0.229. The van der Waals surface area contributed by atoms with E-state index in [1.165, 1.54) is 0 Å². The van der Waals surface area contributed by atoms with Crippen molar-refractivity contribution >= 4 is 5.91 Å². The molecule has 2 saturated heterocycles. The number of aliphatic hydroxyl groups excluding tert-OH is 8.